The molecule has 0 amide bonds. The van der Waals surface area contributed by atoms with Crippen molar-refractivity contribution in [2.45, 2.75) is 40.5 Å². The quantitative estimate of drug-likeness (QED) is 0.708. The molecule has 0 saturated carbocycles. The second-order valence-electron chi connectivity index (χ2n) is 4.77. The molecule has 0 radical (unpaired) electrons. The average Bonchev–Trinajstić information content (AvgIpc) is 2.02. The van der Waals surface area contributed by atoms with Gasteiger partial charge in [0, 0.05) is 17.8 Å². The highest BCUT2D eigenvalue weighted by Crippen LogP contribution is 2.30. The zero-order chi connectivity index (χ0) is 10.7. The van der Waals surface area contributed by atoms with Crippen LogP contribution in [0.5, 0.6) is 0 Å². The summed E-state index contributed by atoms with van der Waals surface area (Å²) >= 11 is 0. The predicted octanol–water partition coefficient (Wildman–Crippen LogP) is 3.79. The van der Waals surface area contributed by atoms with Gasteiger partial charge in [0.25, 0.3) is 0 Å². The fraction of sp³-hybridized carbons (Fsp3) is 0.615. The van der Waals surface area contributed by atoms with Crippen LogP contribution in [0.2, 0.25) is 0 Å². The van der Waals surface area contributed by atoms with Gasteiger partial charge in [0.15, 0.2) is 0 Å². The topological polar surface area (TPSA) is 12.9 Å². The summed E-state index contributed by atoms with van der Waals surface area (Å²) in [6.45, 7) is 11.2. The molecule has 0 bridgehead atoms. The summed E-state index contributed by atoms with van der Waals surface area (Å²) in [5.41, 5.74) is 2.55. The van der Waals surface area contributed by atoms with E-state index in [1.165, 1.54) is 11.3 Å². The van der Waals surface area contributed by atoms with Crippen molar-refractivity contribution < 1.29 is 0 Å². The molecule has 0 N–H and O–H groups in total. The minimum atomic E-state index is 0.579. The number of nitrogens with zero attached hydrogens (tertiary/aromatic N) is 1. The number of hydrogen-bond acceptors (Lipinski definition) is 1. The van der Waals surface area contributed by atoms with Crippen LogP contribution in [0.1, 0.15) is 44.9 Å². The van der Waals surface area contributed by atoms with Crippen LogP contribution in [0.4, 0.5) is 0 Å². The van der Waals surface area contributed by atoms with E-state index in [4.69, 9.17) is 0 Å². The number of rotatable bonds is 3. The zero-order valence-electron chi connectivity index (χ0n) is 9.91. The molecule has 0 aliphatic carbocycles. The maximum absolute atomic E-state index is 4.48. The lowest BCUT2D eigenvalue weighted by Crippen LogP contribution is -2.14. The molecule has 14 heavy (non-hydrogen) atoms. The number of pyridine rings is 1. The summed E-state index contributed by atoms with van der Waals surface area (Å²) < 4.78 is 0. The number of hydrogen-bond donors (Lipinski definition) is 0. The van der Waals surface area contributed by atoms with Crippen molar-refractivity contribution >= 4 is 0 Å². The Morgan fingerprint density at radius 1 is 1.07 bits per heavy atom. The smallest absolute Gasteiger partial charge is 0.0442 e. The van der Waals surface area contributed by atoms with Gasteiger partial charge in [0.2, 0.25) is 0 Å². The van der Waals surface area contributed by atoms with Crippen molar-refractivity contribution in [2.24, 2.45) is 11.8 Å². The molecular weight excluding hydrogens is 170 g/mol. The Hall–Kier alpha value is -0.850. The van der Waals surface area contributed by atoms with Crippen molar-refractivity contribution in [3.8, 4) is 0 Å². The molecule has 1 heterocycles. The first-order valence-corrected chi connectivity index (χ1v) is 5.45. The van der Waals surface area contributed by atoms with E-state index in [9.17, 15) is 0 Å². The van der Waals surface area contributed by atoms with Gasteiger partial charge in [0.05, 0.1) is 0 Å². The van der Waals surface area contributed by atoms with Gasteiger partial charge in [-0.1, -0.05) is 27.7 Å². The highest BCUT2D eigenvalue weighted by atomic mass is 14.7. The summed E-state index contributed by atoms with van der Waals surface area (Å²) in [6.07, 6.45) is 1.92. The molecule has 0 unspecified atom stereocenters. The second kappa shape index (κ2) is 4.59. The lowest BCUT2D eigenvalue weighted by atomic mass is 9.82. The minimum Gasteiger partial charge on any atom is -0.261 e. The van der Waals surface area contributed by atoms with Crippen LogP contribution in [0, 0.1) is 18.8 Å². The molecule has 1 heteroatoms. The predicted molar refractivity (Wildman–Crippen MR) is 61.4 cm³/mol. The second-order valence-corrected chi connectivity index (χ2v) is 4.77. The molecular formula is C13H21N. The van der Waals surface area contributed by atoms with Crippen LogP contribution >= 0.6 is 0 Å². The molecule has 0 spiro atoms. The van der Waals surface area contributed by atoms with E-state index in [1.807, 2.05) is 6.20 Å². The third-order valence-corrected chi connectivity index (χ3v) is 2.71. The van der Waals surface area contributed by atoms with Crippen LogP contribution in [0.3, 0.4) is 0 Å². The summed E-state index contributed by atoms with van der Waals surface area (Å²) in [4.78, 5) is 4.48. The van der Waals surface area contributed by atoms with Gasteiger partial charge in [0.1, 0.15) is 0 Å². The van der Waals surface area contributed by atoms with E-state index in [0.29, 0.717) is 17.8 Å². The van der Waals surface area contributed by atoms with Gasteiger partial charge in [-0.15, -0.1) is 0 Å². The minimum absolute atomic E-state index is 0.579. The molecule has 1 rings (SSSR count). The SMILES string of the molecule is Cc1ccnc(C(C(C)C)C(C)C)c1. The highest BCUT2D eigenvalue weighted by Gasteiger charge is 2.20. The van der Waals surface area contributed by atoms with Crippen molar-refractivity contribution in [2.75, 3.05) is 0 Å². The molecule has 0 atom stereocenters. The molecule has 78 valence electrons. The zero-order valence-corrected chi connectivity index (χ0v) is 9.91. The monoisotopic (exact) mass is 191 g/mol. The molecule has 1 nitrogen and oxygen atoms in total. The molecule has 0 aliphatic rings. The summed E-state index contributed by atoms with van der Waals surface area (Å²) in [5, 5.41) is 0. The van der Waals surface area contributed by atoms with E-state index in [0.717, 1.165) is 0 Å². The maximum Gasteiger partial charge on any atom is 0.0442 e. The molecule has 0 saturated heterocycles. The van der Waals surface area contributed by atoms with E-state index in [2.05, 4.69) is 51.7 Å². The average molecular weight is 191 g/mol. The van der Waals surface area contributed by atoms with Crippen LogP contribution in [0.15, 0.2) is 18.3 Å². The Kier molecular flexibility index (Phi) is 3.68. The summed E-state index contributed by atoms with van der Waals surface area (Å²) in [6, 6.07) is 4.27. The highest BCUT2D eigenvalue weighted by molar-refractivity contribution is 5.18. The van der Waals surface area contributed by atoms with Crippen LogP contribution < -0.4 is 0 Å². The number of aryl methyl sites for hydroxylation is 1. The van der Waals surface area contributed by atoms with E-state index in [1.54, 1.807) is 0 Å². The lowest BCUT2D eigenvalue weighted by Gasteiger charge is -2.24. The fourth-order valence-electron chi connectivity index (χ4n) is 2.19. The van der Waals surface area contributed by atoms with Crippen LogP contribution in [-0.4, -0.2) is 4.98 Å². The van der Waals surface area contributed by atoms with Gasteiger partial charge in [-0.25, -0.2) is 0 Å². The molecule has 0 aromatic carbocycles. The van der Waals surface area contributed by atoms with Crippen molar-refractivity contribution in [1.29, 1.82) is 0 Å². The van der Waals surface area contributed by atoms with Crippen LogP contribution in [0.25, 0.3) is 0 Å². The van der Waals surface area contributed by atoms with Crippen molar-refractivity contribution in [3.05, 3.63) is 29.6 Å². The lowest BCUT2D eigenvalue weighted by molar-refractivity contribution is 0.380. The Bertz CT molecular complexity index is 281. The van der Waals surface area contributed by atoms with Gasteiger partial charge in [-0.3, -0.25) is 4.98 Å². The molecule has 0 fully saturated rings. The summed E-state index contributed by atoms with van der Waals surface area (Å²) in [5.74, 6) is 1.89. The standard InChI is InChI=1S/C13H21N/c1-9(2)13(10(3)4)12-8-11(5)6-7-14-12/h6-10,13H,1-5H3. The molecule has 0 aliphatic heterocycles. The van der Waals surface area contributed by atoms with Gasteiger partial charge in [-0.2, -0.15) is 0 Å². The first-order chi connectivity index (χ1) is 6.52. The van der Waals surface area contributed by atoms with Gasteiger partial charge < -0.3 is 0 Å². The van der Waals surface area contributed by atoms with E-state index < -0.39 is 0 Å². The Labute approximate surface area is 87.6 Å². The maximum atomic E-state index is 4.48. The van der Waals surface area contributed by atoms with E-state index in [-0.39, 0.29) is 0 Å². The van der Waals surface area contributed by atoms with Gasteiger partial charge >= 0.3 is 0 Å². The third-order valence-electron chi connectivity index (χ3n) is 2.71. The molecule has 1 aromatic rings. The Morgan fingerprint density at radius 2 is 1.64 bits per heavy atom. The normalized spacial score (nSPS) is 11.7. The summed E-state index contributed by atoms with van der Waals surface area (Å²) in [7, 11) is 0. The Morgan fingerprint density at radius 3 is 2.07 bits per heavy atom. The first-order valence-electron chi connectivity index (χ1n) is 5.45. The van der Waals surface area contributed by atoms with E-state index >= 15 is 0 Å². The van der Waals surface area contributed by atoms with Crippen molar-refractivity contribution in [1.82, 2.24) is 4.98 Å². The Balaban J connectivity index is 2.99. The number of aromatic nitrogens is 1. The molecule has 1 aromatic heterocycles. The van der Waals surface area contributed by atoms with Crippen LogP contribution in [-0.2, 0) is 0 Å². The van der Waals surface area contributed by atoms with Gasteiger partial charge in [-0.05, 0) is 36.5 Å². The largest absolute Gasteiger partial charge is 0.261 e. The third kappa shape index (κ3) is 2.57. The van der Waals surface area contributed by atoms with Crippen molar-refractivity contribution in [3.63, 3.8) is 0 Å². The first kappa shape index (κ1) is 11.2. The fourth-order valence-corrected chi connectivity index (χ4v) is 2.19.